The van der Waals surface area contributed by atoms with Gasteiger partial charge in [-0.25, -0.2) is 9.37 Å². The highest BCUT2D eigenvalue weighted by molar-refractivity contribution is 9.10. The summed E-state index contributed by atoms with van der Waals surface area (Å²) < 4.78 is 27.4. The molecule has 1 atom stereocenters. The highest BCUT2D eigenvalue weighted by Crippen LogP contribution is 2.24. The van der Waals surface area contributed by atoms with E-state index in [0.29, 0.717) is 11.4 Å². The van der Waals surface area contributed by atoms with E-state index in [1.165, 1.54) is 12.1 Å². The average molecular weight is 313 g/mol. The number of aromatic nitrogens is 1. The van der Waals surface area contributed by atoms with E-state index in [1.807, 2.05) is 0 Å². The molecular formula is C13H11BrF2N2. The Hall–Kier alpha value is -1.49. The van der Waals surface area contributed by atoms with Crippen LogP contribution in [0.5, 0.6) is 0 Å². The first kappa shape index (κ1) is 13.0. The molecule has 0 saturated carbocycles. The molecule has 1 aromatic heterocycles. The Balaban J connectivity index is 2.21. The molecule has 2 rings (SSSR count). The lowest BCUT2D eigenvalue weighted by Crippen LogP contribution is -2.10. The number of hydrogen-bond acceptors (Lipinski definition) is 2. The SMILES string of the molecule is CC(Nc1cccc(F)n1)c1cc(Br)ccc1F. The number of hydrogen-bond donors (Lipinski definition) is 1. The van der Waals surface area contributed by atoms with Crippen LogP contribution in [0, 0.1) is 11.8 Å². The Morgan fingerprint density at radius 3 is 2.72 bits per heavy atom. The molecule has 5 heteroatoms. The summed E-state index contributed by atoms with van der Waals surface area (Å²) in [4.78, 5) is 3.68. The molecule has 0 radical (unpaired) electrons. The van der Waals surface area contributed by atoms with Crippen LogP contribution in [0.3, 0.4) is 0 Å². The van der Waals surface area contributed by atoms with Crippen LogP contribution in [0.25, 0.3) is 0 Å². The van der Waals surface area contributed by atoms with Crippen molar-refractivity contribution < 1.29 is 8.78 Å². The molecule has 0 aliphatic carbocycles. The van der Waals surface area contributed by atoms with Gasteiger partial charge in [0.25, 0.3) is 0 Å². The van der Waals surface area contributed by atoms with Gasteiger partial charge in [0.2, 0.25) is 5.95 Å². The summed E-state index contributed by atoms with van der Waals surface area (Å²) in [5, 5.41) is 2.96. The molecule has 94 valence electrons. The lowest BCUT2D eigenvalue weighted by atomic mass is 10.1. The zero-order valence-corrected chi connectivity index (χ0v) is 11.2. The van der Waals surface area contributed by atoms with Crippen molar-refractivity contribution >= 4 is 21.7 Å². The van der Waals surface area contributed by atoms with E-state index in [2.05, 4.69) is 26.2 Å². The standard InChI is InChI=1S/C13H11BrF2N2/c1-8(10-7-9(14)5-6-11(10)15)17-13-4-2-3-12(16)18-13/h2-8H,1H3,(H,17,18). The number of pyridine rings is 1. The first-order valence-corrected chi connectivity index (χ1v) is 6.19. The van der Waals surface area contributed by atoms with Crippen molar-refractivity contribution in [1.29, 1.82) is 0 Å². The van der Waals surface area contributed by atoms with Crippen molar-refractivity contribution in [3.05, 3.63) is 58.2 Å². The van der Waals surface area contributed by atoms with Gasteiger partial charge in [-0.15, -0.1) is 0 Å². The van der Waals surface area contributed by atoms with Crippen LogP contribution in [0.4, 0.5) is 14.6 Å². The zero-order chi connectivity index (χ0) is 13.1. The number of anilines is 1. The van der Waals surface area contributed by atoms with E-state index in [-0.39, 0.29) is 11.9 Å². The lowest BCUT2D eigenvalue weighted by Gasteiger charge is -2.16. The third-order valence-electron chi connectivity index (χ3n) is 2.50. The fourth-order valence-electron chi connectivity index (χ4n) is 1.63. The third-order valence-corrected chi connectivity index (χ3v) is 3.00. The van der Waals surface area contributed by atoms with Crippen molar-refractivity contribution in [3.8, 4) is 0 Å². The first-order chi connectivity index (χ1) is 8.56. The van der Waals surface area contributed by atoms with Crippen molar-refractivity contribution in [1.82, 2.24) is 4.98 Å². The van der Waals surface area contributed by atoms with Gasteiger partial charge in [-0.3, -0.25) is 0 Å². The smallest absolute Gasteiger partial charge is 0.214 e. The van der Waals surface area contributed by atoms with Crippen molar-refractivity contribution in [2.24, 2.45) is 0 Å². The summed E-state index contributed by atoms with van der Waals surface area (Å²) in [6, 6.07) is 8.84. The van der Waals surface area contributed by atoms with Crippen LogP contribution in [0.15, 0.2) is 40.9 Å². The van der Waals surface area contributed by atoms with E-state index in [9.17, 15) is 8.78 Å². The summed E-state index contributed by atoms with van der Waals surface area (Å²) in [6.45, 7) is 1.79. The lowest BCUT2D eigenvalue weighted by molar-refractivity contribution is 0.582. The summed E-state index contributed by atoms with van der Waals surface area (Å²) in [7, 11) is 0. The number of rotatable bonds is 3. The second-order valence-corrected chi connectivity index (χ2v) is 4.79. The summed E-state index contributed by atoms with van der Waals surface area (Å²) >= 11 is 3.29. The van der Waals surface area contributed by atoms with Crippen LogP contribution < -0.4 is 5.32 Å². The predicted octanol–water partition coefficient (Wildman–Crippen LogP) is 4.30. The summed E-state index contributed by atoms with van der Waals surface area (Å²) in [6.07, 6.45) is 0. The maximum Gasteiger partial charge on any atom is 0.214 e. The first-order valence-electron chi connectivity index (χ1n) is 5.40. The van der Waals surface area contributed by atoms with Crippen LogP contribution in [0.2, 0.25) is 0 Å². The van der Waals surface area contributed by atoms with Gasteiger partial charge in [-0.2, -0.15) is 4.39 Å². The molecular weight excluding hydrogens is 302 g/mol. The van der Waals surface area contributed by atoms with E-state index >= 15 is 0 Å². The van der Waals surface area contributed by atoms with Gasteiger partial charge in [0, 0.05) is 10.0 Å². The van der Waals surface area contributed by atoms with Gasteiger partial charge >= 0.3 is 0 Å². The molecule has 1 unspecified atom stereocenters. The minimum absolute atomic E-state index is 0.309. The summed E-state index contributed by atoms with van der Waals surface area (Å²) in [5.74, 6) is -0.501. The van der Waals surface area contributed by atoms with Gasteiger partial charge in [0.15, 0.2) is 0 Å². The number of halogens is 3. The number of nitrogens with one attached hydrogen (secondary N) is 1. The molecule has 1 aromatic carbocycles. The Morgan fingerprint density at radius 1 is 1.22 bits per heavy atom. The topological polar surface area (TPSA) is 24.9 Å². The fourth-order valence-corrected chi connectivity index (χ4v) is 2.01. The van der Waals surface area contributed by atoms with Crippen LogP contribution >= 0.6 is 15.9 Å². The Labute approximate surface area is 112 Å². The molecule has 1 heterocycles. The van der Waals surface area contributed by atoms with Gasteiger partial charge in [0.05, 0.1) is 6.04 Å². The van der Waals surface area contributed by atoms with Crippen LogP contribution in [-0.4, -0.2) is 4.98 Å². The molecule has 0 spiro atoms. The number of nitrogens with zero attached hydrogens (tertiary/aromatic N) is 1. The molecule has 0 fully saturated rings. The van der Waals surface area contributed by atoms with Crippen molar-refractivity contribution in [2.75, 3.05) is 5.32 Å². The summed E-state index contributed by atoms with van der Waals surface area (Å²) in [5.41, 5.74) is 0.496. The van der Waals surface area contributed by atoms with E-state index in [4.69, 9.17) is 0 Å². The Bertz CT molecular complexity index is 560. The predicted molar refractivity (Wildman–Crippen MR) is 70.3 cm³/mol. The highest BCUT2D eigenvalue weighted by atomic mass is 79.9. The van der Waals surface area contributed by atoms with Gasteiger partial charge < -0.3 is 5.32 Å². The average Bonchev–Trinajstić information content (AvgIpc) is 2.32. The Morgan fingerprint density at radius 2 is 2.00 bits per heavy atom. The molecule has 0 aliphatic heterocycles. The molecule has 2 aromatic rings. The van der Waals surface area contributed by atoms with Crippen molar-refractivity contribution in [2.45, 2.75) is 13.0 Å². The maximum absolute atomic E-state index is 13.6. The maximum atomic E-state index is 13.6. The molecule has 2 nitrogen and oxygen atoms in total. The van der Waals surface area contributed by atoms with Crippen LogP contribution in [0.1, 0.15) is 18.5 Å². The minimum atomic E-state index is -0.568. The minimum Gasteiger partial charge on any atom is -0.363 e. The van der Waals surface area contributed by atoms with E-state index < -0.39 is 5.95 Å². The van der Waals surface area contributed by atoms with Crippen LogP contribution in [-0.2, 0) is 0 Å². The van der Waals surface area contributed by atoms with Gasteiger partial charge in [-0.1, -0.05) is 22.0 Å². The fraction of sp³-hybridized carbons (Fsp3) is 0.154. The molecule has 0 amide bonds. The van der Waals surface area contributed by atoms with Gasteiger partial charge in [0.1, 0.15) is 11.6 Å². The zero-order valence-electron chi connectivity index (χ0n) is 9.62. The monoisotopic (exact) mass is 312 g/mol. The van der Waals surface area contributed by atoms with Gasteiger partial charge in [-0.05, 0) is 37.3 Å². The largest absolute Gasteiger partial charge is 0.363 e. The second kappa shape index (κ2) is 5.44. The normalized spacial score (nSPS) is 12.2. The third kappa shape index (κ3) is 3.04. The number of benzene rings is 1. The molecule has 0 saturated heterocycles. The molecule has 0 bridgehead atoms. The quantitative estimate of drug-likeness (QED) is 0.855. The molecule has 1 N–H and O–H groups in total. The Kier molecular flexibility index (Phi) is 3.91. The van der Waals surface area contributed by atoms with E-state index in [0.717, 1.165) is 4.47 Å². The van der Waals surface area contributed by atoms with E-state index in [1.54, 1.807) is 31.2 Å². The second-order valence-electron chi connectivity index (χ2n) is 3.88. The van der Waals surface area contributed by atoms with Crippen molar-refractivity contribution in [3.63, 3.8) is 0 Å². The molecule has 18 heavy (non-hydrogen) atoms. The molecule has 0 aliphatic rings. The highest BCUT2D eigenvalue weighted by Gasteiger charge is 2.12.